The van der Waals surface area contributed by atoms with Gasteiger partial charge in [0.15, 0.2) is 0 Å². The molecule has 1 aromatic rings. The second-order valence-corrected chi connectivity index (χ2v) is 5.27. The van der Waals surface area contributed by atoms with E-state index < -0.39 is 17.9 Å². The molecule has 2 rings (SSSR count). The number of hydrogen-bond acceptors (Lipinski definition) is 4. The highest BCUT2D eigenvalue weighted by molar-refractivity contribution is 5.96. The third-order valence-electron chi connectivity index (χ3n) is 3.60. The number of aliphatic hydroxyl groups excluding tert-OH is 2. The highest BCUT2D eigenvalue weighted by Crippen LogP contribution is 2.22. The van der Waals surface area contributed by atoms with Gasteiger partial charge in [-0.2, -0.15) is 0 Å². The van der Waals surface area contributed by atoms with Gasteiger partial charge in [0.1, 0.15) is 5.82 Å². The van der Waals surface area contributed by atoms with Crippen LogP contribution in [0.25, 0.3) is 0 Å². The fourth-order valence-electron chi connectivity index (χ4n) is 2.52. The van der Waals surface area contributed by atoms with Crippen molar-refractivity contribution in [3.63, 3.8) is 0 Å². The van der Waals surface area contributed by atoms with Crippen LogP contribution in [0.15, 0.2) is 24.3 Å². The molecule has 1 heterocycles. The monoisotopic (exact) mass is 325 g/mol. The number of urea groups is 1. The van der Waals surface area contributed by atoms with Crippen molar-refractivity contribution in [1.29, 1.82) is 0 Å². The van der Waals surface area contributed by atoms with E-state index in [1.807, 2.05) is 0 Å². The van der Waals surface area contributed by atoms with Gasteiger partial charge in [-0.05, 0) is 18.2 Å². The lowest BCUT2D eigenvalue weighted by molar-refractivity contribution is -0.117. The van der Waals surface area contributed by atoms with E-state index in [1.54, 1.807) is 6.07 Å². The van der Waals surface area contributed by atoms with E-state index in [4.69, 9.17) is 10.2 Å². The van der Waals surface area contributed by atoms with Gasteiger partial charge >= 0.3 is 6.03 Å². The zero-order valence-corrected chi connectivity index (χ0v) is 12.6. The van der Waals surface area contributed by atoms with E-state index >= 15 is 0 Å². The van der Waals surface area contributed by atoms with Crippen LogP contribution in [0.2, 0.25) is 0 Å². The molecule has 1 aliphatic rings. The van der Waals surface area contributed by atoms with Gasteiger partial charge in [0, 0.05) is 31.7 Å². The minimum absolute atomic E-state index is 0.0979. The SMILES string of the molecule is O=C(NC1CC(=O)N(c2cccc(F)c2)C1)N(CCO)CCO. The van der Waals surface area contributed by atoms with Crippen molar-refractivity contribution in [2.75, 3.05) is 37.7 Å². The van der Waals surface area contributed by atoms with Gasteiger partial charge < -0.3 is 25.3 Å². The number of rotatable bonds is 6. The lowest BCUT2D eigenvalue weighted by atomic mass is 10.2. The predicted octanol–water partition coefficient (Wildman–Crippen LogP) is -0.0728. The number of hydrogen-bond donors (Lipinski definition) is 3. The van der Waals surface area contributed by atoms with Gasteiger partial charge in [0.05, 0.1) is 19.3 Å². The summed E-state index contributed by atoms with van der Waals surface area (Å²) < 4.78 is 13.3. The molecule has 0 radical (unpaired) electrons. The van der Waals surface area contributed by atoms with Crippen LogP contribution >= 0.6 is 0 Å². The van der Waals surface area contributed by atoms with E-state index in [0.29, 0.717) is 5.69 Å². The minimum atomic E-state index is -0.452. The van der Waals surface area contributed by atoms with Crippen LogP contribution in [-0.2, 0) is 4.79 Å². The molecule has 23 heavy (non-hydrogen) atoms. The first-order valence-corrected chi connectivity index (χ1v) is 7.38. The Morgan fingerprint density at radius 1 is 1.35 bits per heavy atom. The van der Waals surface area contributed by atoms with E-state index in [9.17, 15) is 14.0 Å². The molecule has 0 saturated carbocycles. The van der Waals surface area contributed by atoms with Crippen molar-refractivity contribution in [3.05, 3.63) is 30.1 Å². The summed E-state index contributed by atoms with van der Waals surface area (Å²) in [5.74, 6) is -0.628. The topological polar surface area (TPSA) is 93.1 Å². The van der Waals surface area contributed by atoms with Gasteiger partial charge in [-0.25, -0.2) is 9.18 Å². The number of nitrogens with zero attached hydrogens (tertiary/aromatic N) is 2. The molecule has 126 valence electrons. The lowest BCUT2D eigenvalue weighted by Gasteiger charge is -2.23. The summed E-state index contributed by atoms with van der Waals surface area (Å²) in [5.41, 5.74) is 0.453. The van der Waals surface area contributed by atoms with Crippen molar-refractivity contribution in [1.82, 2.24) is 10.2 Å². The number of amides is 3. The number of nitrogens with one attached hydrogen (secondary N) is 1. The smallest absolute Gasteiger partial charge is 0.317 e. The summed E-state index contributed by atoms with van der Waals surface area (Å²) in [4.78, 5) is 26.8. The van der Waals surface area contributed by atoms with Crippen LogP contribution in [0.1, 0.15) is 6.42 Å². The van der Waals surface area contributed by atoms with Crippen LogP contribution in [0.3, 0.4) is 0 Å². The molecule has 0 aromatic heterocycles. The number of benzene rings is 1. The first-order chi connectivity index (χ1) is 11.0. The molecule has 1 fully saturated rings. The van der Waals surface area contributed by atoms with Gasteiger partial charge in [0.2, 0.25) is 5.91 Å². The van der Waals surface area contributed by atoms with Crippen LogP contribution < -0.4 is 10.2 Å². The first kappa shape index (κ1) is 17.2. The first-order valence-electron chi connectivity index (χ1n) is 7.38. The third kappa shape index (κ3) is 4.40. The van der Waals surface area contributed by atoms with Gasteiger partial charge in [-0.1, -0.05) is 6.07 Å². The molecular weight excluding hydrogens is 305 g/mol. The summed E-state index contributed by atoms with van der Waals surface area (Å²) in [7, 11) is 0. The fraction of sp³-hybridized carbons (Fsp3) is 0.467. The Bertz CT molecular complexity index is 563. The molecule has 0 bridgehead atoms. The standard InChI is InChI=1S/C15H20FN3O4/c16-11-2-1-3-13(8-11)19-10-12(9-14(19)22)17-15(23)18(4-6-20)5-7-21/h1-3,8,12,20-21H,4-7,9-10H2,(H,17,23). The zero-order chi connectivity index (χ0) is 16.8. The number of carbonyl (C=O) groups excluding carboxylic acids is 2. The Kier molecular flexibility index (Phi) is 5.89. The molecule has 0 aliphatic carbocycles. The summed E-state index contributed by atoms with van der Waals surface area (Å²) in [5, 5.41) is 20.6. The van der Waals surface area contributed by atoms with Crippen molar-refractivity contribution in [3.8, 4) is 0 Å². The maximum atomic E-state index is 13.3. The molecule has 0 spiro atoms. The molecule has 7 nitrogen and oxygen atoms in total. The van der Waals surface area contributed by atoms with E-state index in [0.717, 1.165) is 0 Å². The molecule has 1 atom stereocenters. The van der Waals surface area contributed by atoms with Crippen LogP contribution in [0.5, 0.6) is 0 Å². The minimum Gasteiger partial charge on any atom is -0.395 e. The average Bonchev–Trinajstić information content (AvgIpc) is 2.87. The Hall–Kier alpha value is -2.19. The summed E-state index contributed by atoms with van der Waals surface area (Å²) in [6.45, 7) is 0.0142. The summed E-state index contributed by atoms with van der Waals surface area (Å²) >= 11 is 0. The Morgan fingerprint density at radius 3 is 2.65 bits per heavy atom. The number of carbonyl (C=O) groups is 2. The Morgan fingerprint density at radius 2 is 2.04 bits per heavy atom. The second kappa shape index (κ2) is 7.89. The lowest BCUT2D eigenvalue weighted by Crippen LogP contribution is -2.47. The maximum Gasteiger partial charge on any atom is 0.317 e. The van der Waals surface area contributed by atoms with Crippen LogP contribution in [-0.4, -0.2) is 65.9 Å². The molecule has 1 saturated heterocycles. The van der Waals surface area contributed by atoms with Crippen LogP contribution in [0, 0.1) is 5.82 Å². The molecule has 8 heteroatoms. The molecule has 1 aromatic carbocycles. The van der Waals surface area contributed by atoms with Gasteiger partial charge in [0.25, 0.3) is 0 Å². The fourth-order valence-corrected chi connectivity index (χ4v) is 2.52. The van der Waals surface area contributed by atoms with Crippen molar-refractivity contribution in [2.24, 2.45) is 0 Å². The summed E-state index contributed by atoms with van der Waals surface area (Å²) in [6.07, 6.45) is 0.119. The highest BCUT2D eigenvalue weighted by Gasteiger charge is 2.32. The Labute approximate surface area is 133 Å². The highest BCUT2D eigenvalue weighted by atomic mass is 19.1. The normalized spacial score (nSPS) is 17.4. The quantitative estimate of drug-likeness (QED) is 0.682. The van der Waals surface area contributed by atoms with Crippen molar-refractivity contribution >= 4 is 17.6 Å². The number of aliphatic hydroxyl groups is 2. The maximum absolute atomic E-state index is 13.3. The van der Waals surface area contributed by atoms with E-state index in [-0.39, 0.29) is 45.2 Å². The van der Waals surface area contributed by atoms with E-state index in [2.05, 4.69) is 5.32 Å². The van der Waals surface area contributed by atoms with E-state index in [1.165, 1.54) is 28.0 Å². The molecule has 1 aliphatic heterocycles. The third-order valence-corrected chi connectivity index (χ3v) is 3.60. The second-order valence-electron chi connectivity index (χ2n) is 5.27. The van der Waals surface area contributed by atoms with Crippen molar-refractivity contribution in [2.45, 2.75) is 12.5 Å². The van der Waals surface area contributed by atoms with Gasteiger partial charge in [-0.15, -0.1) is 0 Å². The zero-order valence-electron chi connectivity index (χ0n) is 12.6. The predicted molar refractivity (Wildman–Crippen MR) is 81.4 cm³/mol. The van der Waals surface area contributed by atoms with Crippen LogP contribution in [0.4, 0.5) is 14.9 Å². The van der Waals surface area contributed by atoms with Crippen molar-refractivity contribution < 1.29 is 24.2 Å². The largest absolute Gasteiger partial charge is 0.395 e. The number of halogens is 1. The molecule has 3 N–H and O–H groups in total. The average molecular weight is 325 g/mol. The molecule has 1 unspecified atom stereocenters. The summed E-state index contributed by atoms with van der Waals surface area (Å²) in [6, 6.07) is 4.87. The molecular formula is C15H20FN3O4. The van der Waals surface area contributed by atoms with Gasteiger partial charge in [-0.3, -0.25) is 4.79 Å². The number of anilines is 1. The molecule has 3 amide bonds. The Balaban J connectivity index is 1.98.